The lowest BCUT2D eigenvalue weighted by molar-refractivity contribution is -0.148. The van der Waals surface area contributed by atoms with Crippen LogP contribution in [0.4, 0.5) is 16.2 Å². The fourth-order valence-electron chi connectivity index (χ4n) is 2.99. The first-order valence-corrected chi connectivity index (χ1v) is 7.43. The standard InChI is InChI=1S/C16H18N2O5/c1-9(2)18-12-5-4-11(6-10(12)7-14(18)19)17-8-13(15(20)22-3)23-16(17)21/h4-6,9,13H,7-8H2,1-3H3/t13-/m1/s1. The van der Waals surface area contributed by atoms with Crippen LogP contribution in [0.25, 0.3) is 0 Å². The van der Waals surface area contributed by atoms with Crippen molar-refractivity contribution in [3.05, 3.63) is 23.8 Å². The number of cyclic esters (lactones) is 1. The van der Waals surface area contributed by atoms with Gasteiger partial charge in [-0.3, -0.25) is 9.69 Å². The van der Waals surface area contributed by atoms with E-state index in [0.29, 0.717) is 12.1 Å². The van der Waals surface area contributed by atoms with Crippen molar-refractivity contribution in [1.82, 2.24) is 0 Å². The van der Waals surface area contributed by atoms with Crippen LogP contribution in [-0.2, 0) is 25.5 Å². The molecule has 7 heteroatoms. The number of fused-ring (bicyclic) bond motifs is 1. The number of carbonyl (C=O) groups excluding carboxylic acids is 3. The van der Waals surface area contributed by atoms with E-state index in [0.717, 1.165) is 11.3 Å². The molecule has 0 aliphatic carbocycles. The van der Waals surface area contributed by atoms with E-state index in [1.165, 1.54) is 12.0 Å². The van der Waals surface area contributed by atoms with E-state index in [9.17, 15) is 14.4 Å². The van der Waals surface area contributed by atoms with Crippen LogP contribution in [0.1, 0.15) is 19.4 Å². The van der Waals surface area contributed by atoms with Crippen molar-refractivity contribution in [2.45, 2.75) is 32.4 Å². The second-order valence-corrected chi connectivity index (χ2v) is 5.85. The number of carbonyl (C=O) groups is 3. The highest BCUT2D eigenvalue weighted by Crippen LogP contribution is 2.34. The zero-order valence-corrected chi connectivity index (χ0v) is 13.2. The number of ether oxygens (including phenoxy) is 2. The summed E-state index contributed by atoms with van der Waals surface area (Å²) in [5.41, 5.74) is 2.35. The summed E-state index contributed by atoms with van der Waals surface area (Å²) < 4.78 is 9.62. The van der Waals surface area contributed by atoms with E-state index in [4.69, 9.17) is 4.74 Å². The molecular formula is C16H18N2O5. The predicted octanol–water partition coefficient (Wildman–Crippen LogP) is 1.48. The normalized spacial score (nSPS) is 20.1. The monoisotopic (exact) mass is 318 g/mol. The molecule has 0 saturated carbocycles. The van der Waals surface area contributed by atoms with Crippen molar-refractivity contribution < 1.29 is 23.9 Å². The van der Waals surface area contributed by atoms with Crippen molar-refractivity contribution in [3.63, 3.8) is 0 Å². The largest absolute Gasteiger partial charge is 0.466 e. The Morgan fingerprint density at radius 2 is 2.09 bits per heavy atom. The molecule has 0 radical (unpaired) electrons. The van der Waals surface area contributed by atoms with E-state index in [1.807, 2.05) is 19.9 Å². The fourth-order valence-corrected chi connectivity index (χ4v) is 2.99. The molecule has 2 aliphatic rings. The molecule has 1 saturated heterocycles. The number of esters is 1. The molecule has 3 rings (SSSR count). The number of methoxy groups -OCH3 is 1. The van der Waals surface area contributed by atoms with Crippen LogP contribution in [-0.4, -0.2) is 43.8 Å². The number of rotatable bonds is 3. The summed E-state index contributed by atoms with van der Waals surface area (Å²) in [6.45, 7) is 4.02. The molecule has 1 fully saturated rings. The summed E-state index contributed by atoms with van der Waals surface area (Å²) in [5, 5.41) is 0. The number of amides is 2. The highest BCUT2D eigenvalue weighted by molar-refractivity contribution is 6.03. The third kappa shape index (κ3) is 2.52. The van der Waals surface area contributed by atoms with Gasteiger partial charge in [0.15, 0.2) is 0 Å². The maximum atomic E-state index is 12.1. The van der Waals surface area contributed by atoms with E-state index >= 15 is 0 Å². The second-order valence-electron chi connectivity index (χ2n) is 5.85. The third-order valence-corrected chi connectivity index (χ3v) is 4.04. The van der Waals surface area contributed by atoms with Crippen LogP contribution in [0.2, 0.25) is 0 Å². The van der Waals surface area contributed by atoms with Crippen LogP contribution in [0.5, 0.6) is 0 Å². The highest BCUT2D eigenvalue weighted by Gasteiger charge is 2.38. The first-order valence-electron chi connectivity index (χ1n) is 7.43. The van der Waals surface area contributed by atoms with Gasteiger partial charge in [0.25, 0.3) is 0 Å². The summed E-state index contributed by atoms with van der Waals surface area (Å²) in [4.78, 5) is 38.7. The number of hydrogen-bond acceptors (Lipinski definition) is 5. The Morgan fingerprint density at radius 3 is 2.74 bits per heavy atom. The van der Waals surface area contributed by atoms with Crippen molar-refractivity contribution in [3.8, 4) is 0 Å². The van der Waals surface area contributed by atoms with Crippen molar-refractivity contribution in [1.29, 1.82) is 0 Å². The van der Waals surface area contributed by atoms with Gasteiger partial charge < -0.3 is 14.4 Å². The fraction of sp³-hybridized carbons (Fsp3) is 0.438. The molecule has 23 heavy (non-hydrogen) atoms. The minimum atomic E-state index is -0.922. The average Bonchev–Trinajstić information content (AvgIpc) is 3.04. The molecule has 1 aromatic carbocycles. The maximum Gasteiger partial charge on any atom is 0.415 e. The lowest BCUT2D eigenvalue weighted by Gasteiger charge is -2.22. The minimum absolute atomic E-state index is 0.0450. The lowest BCUT2D eigenvalue weighted by atomic mass is 10.1. The molecule has 0 unspecified atom stereocenters. The average molecular weight is 318 g/mol. The molecule has 7 nitrogen and oxygen atoms in total. The number of benzene rings is 1. The Hall–Kier alpha value is -2.57. The van der Waals surface area contributed by atoms with Gasteiger partial charge in [-0.2, -0.15) is 0 Å². The minimum Gasteiger partial charge on any atom is -0.466 e. The van der Waals surface area contributed by atoms with Crippen LogP contribution in [0.3, 0.4) is 0 Å². The van der Waals surface area contributed by atoms with Gasteiger partial charge in [0.05, 0.1) is 20.1 Å². The molecule has 2 amide bonds. The number of hydrogen-bond donors (Lipinski definition) is 0. The van der Waals surface area contributed by atoms with Crippen molar-refractivity contribution in [2.75, 3.05) is 23.5 Å². The summed E-state index contributed by atoms with van der Waals surface area (Å²) >= 11 is 0. The number of anilines is 2. The smallest absolute Gasteiger partial charge is 0.415 e. The molecular weight excluding hydrogens is 300 g/mol. The third-order valence-electron chi connectivity index (χ3n) is 4.04. The van der Waals surface area contributed by atoms with Crippen LogP contribution in [0, 0.1) is 0 Å². The second kappa shape index (κ2) is 5.57. The summed E-state index contributed by atoms with van der Waals surface area (Å²) in [6, 6.07) is 5.47. The van der Waals surface area contributed by atoms with Gasteiger partial charge in [-0.15, -0.1) is 0 Å². The molecule has 0 bridgehead atoms. The van der Waals surface area contributed by atoms with Crippen LogP contribution < -0.4 is 9.80 Å². The zero-order valence-electron chi connectivity index (χ0n) is 13.2. The van der Waals surface area contributed by atoms with Crippen molar-refractivity contribution in [2.24, 2.45) is 0 Å². The van der Waals surface area contributed by atoms with E-state index in [1.54, 1.807) is 17.0 Å². The van der Waals surface area contributed by atoms with Gasteiger partial charge in [0, 0.05) is 17.4 Å². The quantitative estimate of drug-likeness (QED) is 0.789. The van der Waals surface area contributed by atoms with E-state index in [2.05, 4.69) is 4.74 Å². The molecule has 1 aromatic rings. The molecule has 0 aromatic heterocycles. The Labute approximate surface area is 133 Å². The summed E-state index contributed by atoms with van der Waals surface area (Å²) in [7, 11) is 1.25. The van der Waals surface area contributed by atoms with Gasteiger partial charge in [0.2, 0.25) is 12.0 Å². The topological polar surface area (TPSA) is 76.2 Å². The molecule has 0 spiro atoms. The Morgan fingerprint density at radius 1 is 1.35 bits per heavy atom. The van der Waals surface area contributed by atoms with Gasteiger partial charge in [-0.25, -0.2) is 9.59 Å². The SMILES string of the molecule is COC(=O)[C@H]1CN(c2ccc3c(c2)CC(=O)N3C(C)C)C(=O)O1. The Kier molecular flexibility index (Phi) is 3.71. The summed E-state index contributed by atoms with van der Waals surface area (Å²) in [5.74, 6) is -0.535. The van der Waals surface area contributed by atoms with Gasteiger partial charge >= 0.3 is 12.1 Å². The Balaban J connectivity index is 1.87. The molecule has 2 heterocycles. The zero-order chi connectivity index (χ0) is 16.7. The first kappa shape index (κ1) is 15.3. The number of nitrogens with zero attached hydrogens (tertiary/aromatic N) is 2. The molecule has 122 valence electrons. The maximum absolute atomic E-state index is 12.1. The van der Waals surface area contributed by atoms with Gasteiger partial charge in [-0.1, -0.05) is 0 Å². The lowest BCUT2D eigenvalue weighted by Crippen LogP contribution is -2.33. The molecule has 0 N–H and O–H groups in total. The Bertz CT molecular complexity index is 685. The highest BCUT2D eigenvalue weighted by atomic mass is 16.6. The first-order chi connectivity index (χ1) is 10.9. The van der Waals surface area contributed by atoms with Gasteiger partial charge in [-0.05, 0) is 37.6 Å². The molecule has 2 aliphatic heterocycles. The van der Waals surface area contributed by atoms with Crippen LogP contribution in [0.15, 0.2) is 18.2 Å². The summed E-state index contributed by atoms with van der Waals surface area (Å²) in [6.07, 6.45) is -1.20. The van der Waals surface area contributed by atoms with Gasteiger partial charge in [0.1, 0.15) is 0 Å². The molecule has 1 atom stereocenters. The van der Waals surface area contributed by atoms with E-state index < -0.39 is 18.2 Å². The van der Waals surface area contributed by atoms with Crippen LogP contribution >= 0.6 is 0 Å². The predicted molar refractivity (Wildman–Crippen MR) is 82.4 cm³/mol. The van der Waals surface area contributed by atoms with Crippen molar-refractivity contribution >= 4 is 29.3 Å². The van der Waals surface area contributed by atoms with E-state index in [-0.39, 0.29) is 18.5 Å².